The van der Waals surface area contributed by atoms with E-state index >= 15 is 0 Å². The highest BCUT2D eigenvalue weighted by Crippen LogP contribution is 2.36. The molecular weight excluding hydrogens is 1460 g/mol. The number of nitrogens with zero attached hydrogens (tertiary/aromatic N) is 23. The lowest BCUT2D eigenvalue weighted by molar-refractivity contribution is 0.284. The second-order valence-corrected chi connectivity index (χ2v) is 25.0. The molecule has 0 amide bonds. The van der Waals surface area contributed by atoms with Crippen LogP contribution in [-0.2, 0) is 26.4 Å². The Morgan fingerprint density at radius 2 is 0.757 bits per heavy atom. The zero-order valence-electron chi connectivity index (χ0n) is 61.6. The highest BCUT2D eigenvalue weighted by atomic mass is 16.5. The molecule has 6 aromatic carbocycles. The van der Waals surface area contributed by atoms with Crippen molar-refractivity contribution in [3.63, 3.8) is 0 Å². The van der Waals surface area contributed by atoms with Crippen LogP contribution in [-0.4, -0.2) is 143 Å². The van der Waals surface area contributed by atoms with Crippen LogP contribution in [0.2, 0.25) is 0 Å². The maximum Gasteiger partial charge on any atom is 0.225 e. The van der Waals surface area contributed by atoms with Gasteiger partial charge in [-0.25, -0.2) is 24.9 Å². The Bertz CT molecular complexity index is 6790. The molecule has 564 valence electrons. The molecule has 0 unspecified atom stereocenters. The molecule has 0 aliphatic carbocycles. The van der Waals surface area contributed by atoms with Crippen molar-refractivity contribution in [1.82, 2.24) is 114 Å². The summed E-state index contributed by atoms with van der Waals surface area (Å²) in [4.78, 5) is 30.1. The molecule has 0 spiro atoms. The van der Waals surface area contributed by atoms with Crippen molar-refractivity contribution in [2.75, 3.05) is 28.4 Å². The maximum atomic E-state index is 6.01. The molecule has 0 fully saturated rings. The number of fused-ring (bicyclic) bond motifs is 8. The number of aromatic nitrogens is 23. The zero-order valence-corrected chi connectivity index (χ0v) is 61.6. The Morgan fingerprint density at radius 1 is 0.304 bits per heavy atom. The summed E-state index contributed by atoms with van der Waals surface area (Å²) in [7, 11) is 6.37. The summed E-state index contributed by atoms with van der Waals surface area (Å²) in [5, 5.41) is 54.5. The van der Waals surface area contributed by atoms with Gasteiger partial charge >= 0.3 is 0 Å². The number of ether oxygens (including phenoxy) is 8. The number of para-hydroxylation sites is 1. The van der Waals surface area contributed by atoms with Gasteiger partial charge in [0.15, 0.2) is 76.4 Å². The van der Waals surface area contributed by atoms with Crippen LogP contribution in [0.3, 0.4) is 0 Å². The molecule has 32 nitrogen and oxygen atoms in total. The predicted octanol–water partition coefficient (Wildman–Crippen LogP) is 13.5. The summed E-state index contributed by atoms with van der Waals surface area (Å²) in [6.45, 7) is 0.737. The van der Waals surface area contributed by atoms with Crippen molar-refractivity contribution in [2.24, 2.45) is 0 Å². The fourth-order valence-electron chi connectivity index (χ4n) is 12.2. The summed E-state index contributed by atoms with van der Waals surface area (Å²) in [6.07, 6.45) is 9.55. The molecule has 0 aliphatic rings. The quantitative estimate of drug-likeness (QED) is 0.0684. The summed E-state index contributed by atoms with van der Waals surface area (Å²) < 4.78 is 57.2. The van der Waals surface area contributed by atoms with Gasteiger partial charge < -0.3 is 42.3 Å². The Labute approximate surface area is 651 Å². The van der Waals surface area contributed by atoms with E-state index in [1.54, 1.807) is 89.6 Å². The molecule has 14 aromatic heterocycles. The van der Waals surface area contributed by atoms with Gasteiger partial charge in [-0.15, -0.1) is 40.8 Å². The number of rotatable bonds is 20. The molecule has 14 heterocycles. The van der Waals surface area contributed by atoms with Crippen LogP contribution in [0.15, 0.2) is 266 Å². The number of pyridine rings is 3. The van der Waals surface area contributed by atoms with E-state index in [0.29, 0.717) is 120 Å². The summed E-state index contributed by atoms with van der Waals surface area (Å²) in [5.41, 5.74) is 12.5. The van der Waals surface area contributed by atoms with Crippen LogP contribution < -0.4 is 37.9 Å². The Hall–Kier alpha value is -16.2. The average Bonchev–Trinajstić information content (AvgIpc) is 1.41. The van der Waals surface area contributed by atoms with Crippen molar-refractivity contribution in [2.45, 2.75) is 26.4 Å². The van der Waals surface area contributed by atoms with E-state index in [9.17, 15) is 0 Å². The lowest BCUT2D eigenvalue weighted by atomic mass is 10.1. The van der Waals surface area contributed by atoms with Gasteiger partial charge in [0.1, 0.15) is 60.1 Å². The molecule has 0 atom stereocenters. The monoisotopic (exact) mass is 1530 g/mol. The standard InChI is InChI=1S/C22H18N6O3.C21H16N6O2.C20H14N6O.C20H15N5O3/c1-29-18-10-15-17(11-19(18)30-2)23-13-24-22(15)31-12-21-26-25-20-9-8-16(27-28(20)21)14-6-4-3-5-7-14;1-28-15-11-17-21(23-12-15)18(9-10-22-17)29-13-20-25-24-19-8-7-16(26-27(19)20)14-5-3-2-4-6-14;1-2-6-14(7-3-1)16-10-11-18-23-24-19(26(18)25-16)12-27-20-15-8-4-5-9-17(15)21-13-22-20;1-26-13-4-5-14-16(11-13)21-9-8-17(14)28-12-20-23-22-19-7-6-15(24-25(19)20)18-3-2-10-27-18/h3-11,13H,12H2,1-2H3;2-12H,13H2,1H3;1-11,13H,12H2;2-11H,12H2,1H3. The smallest absolute Gasteiger partial charge is 0.225 e. The van der Waals surface area contributed by atoms with E-state index in [1.165, 1.54) is 12.7 Å². The fourth-order valence-corrected chi connectivity index (χ4v) is 12.2. The first-order valence-corrected chi connectivity index (χ1v) is 35.6. The molecule has 20 rings (SSSR count). The number of furan rings is 1. The minimum atomic E-state index is 0.132. The van der Waals surface area contributed by atoms with E-state index in [-0.39, 0.29) is 26.4 Å². The first-order chi connectivity index (χ1) is 56.8. The van der Waals surface area contributed by atoms with Gasteiger partial charge in [-0.3, -0.25) is 9.97 Å². The lowest BCUT2D eigenvalue weighted by Gasteiger charge is -2.11. The molecule has 32 heteroatoms. The number of methoxy groups -OCH3 is 4. The number of hydrogen-bond acceptors (Lipinski definition) is 28. The van der Waals surface area contributed by atoms with Crippen molar-refractivity contribution < 1.29 is 42.3 Å². The summed E-state index contributed by atoms with van der Waals surface area (Å²) >= 11 is 0. The van der Waals surface area contributed by atoms with Gasteiger partial charge in [-0.05, 0) is 97.1 Å². The van der Waals surface area contributed by atoms with Crippen molar-refractivity contribution in [1.29, 1.82) is 0 Å². The van der Waals surface area contributed by atoms with Gasteiger partial charge in [0.05, 0.1) is 90.8 Å². The number of hydrogen-bond donors (Lipinski definition) is 0. The van der Waals surface area contributed by atoms with Crippen LogP contribution >= 0.6 is 0 Å². The Balaban J connectivity index is 0.000000111. The van der Waals surface area contributed by atoms with Crippen LogP contribution in [0.5, 0.6) is 46.3 Å². The first-order valence-electron chi connectivity index (χ1n) is 35.6. The molecule has 0 N–H and O–H groups in total. The molecule has 0 bridgehead atoms. The molecular formula is C83H63N23O9. The van der Waals surface area contributed by atoms with Crippen LogP contribution in [0.4, 0.5) is 0 Å². The topological polar surface area (TPSA) is 350 Å². The van der Waals surface area contributed by atoms with Gasteiger partial charge in [0, 0.05) is 58.7 Å². The van der Waals surface area contributed by atoms with E-state index < -0.39 is 0 Å². The van der Waals surface area contributed by atoms with Crippen LogP contribution in [0.25, 0.3) is 112 Å². The van der Waals surface area contributed by atoms with Gasteiger partial charge in [0.25, 0.3) is 0 Å². The molecule has 0 aliphatic heterocycles. The third-order valence-corrected chi connectivity index (χ3v) is 18.0. The predicted molar refractivity (Wildman–Crippen MR) is 421 cm³/mol. The van der Waals surface area contributed by atoms with E-state index in [1.807, 2.05) is 206 Å². The minimum absolute atomic E-state index is 0.132. The number of benzene rings is 6. The van der Waals surface area contributed by atoms with Crippen LogP contribution in [0.1, 0.15) is 23.3 Å². The molecule has 0 radical (unpaired) electrons. The van der Waals surface area contributed by atoms with Gasteiger partial charge in [-0.2, -0.15) is 38.5 Å². The fraction of sp³-hybridized carbons (Fsp3) is 0.0964. The Morgan fingerprint density at radius 3 is 1.29 bits per heavy atom. The van der Waals surface area contributed by atoms with E-state index in [2.05, 4.69) is 96.1 Å². The lowest BCUT2D eigenvalue weighted by Crippen LogP contribution is -2.06. The SMILES string of the molecule is COc1cc2ncnc(OCc3nnc4ccc(-c5ccccc5)nn34)c2cc1OC.COc1ccc2c(OCc3nnc4ccc(-c5ccco5)nn34)ccnc2c1.COc1cnc2c(OCc3nnc4ccc(-c5ccccc5)nn34)ccnc2c1.c1ccc(-c2ccc3nnc(COc4ncnc5ccccc45)n3n2)cc1. The van der Waals surface area contributed by atoms with Crippen molar-refractivity contribution in [3.05, 3.63) is 285 Å². The normalized spacial score (nSPS) is 11.1. The van der Waals surface area contributed by atoms with Gasteiger partial charge in [0.2, 0.25) is 11.8 Å². The Kier molecular flexibility index (Phi) is 20.6. The minimum Gasteiger partial charge on any atom is -0.497 e. The van der Waals surface area contributed by atoms with E-state index in [4.69, 9.17) is 42.3 Å². The molecule has 115 heavy (non-hydrogen) atoms. The molecule has 20 aromatic rings. The first kappa shape index (κ1) is 71.8. The highest BCUT2D eigenvalue weighted by molar-refractivity contribution is 5.88. The third kappa shape index (κ3) is 15.6. The largest absolute Gasteiger partial charge is 0.497 e. The summed E-state index contributed by atoms with van der Waals surface area (Å²) in [6, 6.07) is 71.0. The highest BCUT2D eigenvalue weighted by Gasteiger charge is 2.19. The van der Waals surface area contributed by atoms with E-state index in [0.717, 1.165) is 61.3 Å². The second-order valence-electron chi connectivity index (χ2n) is 25.0. The van der Waals surface area contributed by atoms with Crippen LogP contribution in [0, 0.1) is 0 Å². The van der Waals surface area contributed by atoms with Crippen molar-refractivity contribution >= 4 is 66.3 Å². The third-order valence-electron chi connectivity index (χ3n) is 18.0. The maximum absolute atomic E-state index is 6.01. The second kappa shape index (κ2) is 33.0. The summed E-state index contributed by atoms with van der Waals surface area (Å²) in [5.74, 6) is 7.77. The average molecular weight is 1530 g/mol. The molecule has 0 saturated heterocycles. The van der Waals surface area contributed by atoms with Gasteiger partial charge in [-0.1, -0.05) is 103 Å². The zero-order chi connectivity index (χ0) is 77.8. The molecule has 0 saturated carbocycles. The van der Waals surface area contributed by atoms with Crippen molar-refractivity contribution in [3.8, 4) is 91.5 Å².